The largest absolute Gasteiger partial charge is 0.379 e. The summed E-state index contributed by atoms with van der Waals surface area (Å²) in [5.74, 6) is 0.690. The zero-order valence-electron chi connectivity index (χ0n) is 15.9. The van der Waals surface area contributed by atoms with E-state index in [1.54, 1.807) is 0 Å². The highest BCUT2D eigenvalue weighted by atomic mass is 16.5. The van der Waals surface area contributed by atoms with Gasteiger partial charge in [-0.1, -0.05) is 26.0 Å². The molecule has 25 heavy (non-hydrogen) atoms. The lowest BCUT2D eigenvalue weighted by molar-refractivity contribution is 0.0363. The van der Waals surface area contributed by atoms with Gasteiger partial charge in [0.05, 0.1) is 19.4 Å². The molecule has 1 unspecified atom stereocenters. The highest BCUT2D eigenvalue weighted by molar-refractivity contribution is 5.52. The fraction of sp³-hybridized carbons (Fsp3) is 0.667. The van der Waals surface area contributed by atoms with Gasteiger partial charge in [-0.25, -0.2) is 4.68 Å². The molecule has 0 radical (unpaired) electrons. The molecule has 0 aromatic carbocycles. The minimum Gasteiger partial charge on any atom is -0.379 e. The number of nitrogens with zero attached hydrogens (tertiary/aromatic N) is 3. The Labute approximate surface area is 152 Å². The third-order valence-electron chi connectivity index (χ3n) is 5.47. The topological polar surface area (TPSA) is 30.3 Å². The maximum atomic E-state index is 5.45. The SMILES string of the molecule is C1=CCCC(n2ncc3c2CCCC3CCN2CCOCC2)=C1.CC. The van der Waals surface area contributed by atoms with E-state index < -0.39 is 0 Å². The van der Waals surface area contributed by atoms with Gasteiger partial charge in [0.25, 0.3) is 0 Å². The van der Waals surface area contributed by atoms with Crippen molar-refractivity contribution >= 4 is 5.70 Å². The van der Waals surface area contributed by atoms with Crippen LogP contribution in [0.1, 0.15) is 63.1 Å². The molecule has 1 atom stereocenters. The fourth-order valence-corrected chi connectivity index (χ4v) is 4.13. The molecule has 2 heterocycles. The van der Waals surface area contributed by atoms with Crippen LogP contribution in [0.15, 0.2) is 24.4 Å². The Kier molecular flexibility index (Phi) is 6.88. The van der Waals surface area contributed by atoms with Crippen molar-refractivity contribution in [1.29, 1.82) is 0 Å². The van der Waals surface area contributed by atoms with Gasteiger partial charge in [-0.05, 0) is 62.6 Å². The third kappa shape index (κ3) is 4.42. The van der Waals surface area contributed by atoms with Gasteiger partial charge in [-0.2, -0.15) is 5.10 Å². The number of allylic oxidation sites excluding steroid dienone is 4. The van der Waals surface area contributed by atoms with E-state index in [0.29, 0.717) is 5.92 Å². The summed E-state index contributed by atoms with van der Waals surface area (Å²) >= 11 is 0. The minimum absolute atomic E-state index is 0.690. The van der Waals surface area contributed by atoms with E-state index >= 15 is 0 Å². The first-order valence-electron chi connectivity index (χ1n) is 10.1. The second-order valence-corrected chi connectivity index (χ2v) is 6.92. The van der Waals surface area contributed by atoms with Gasteiger partial charge < -0.3 is 4.74 Å². The Morgan fingerprint density at radius 1 is 1.20 bits per heavy atom. The number of morpholine rings is 1. The first-order chi connectivity index (χ1) is 12.4. The molecule has 2 aliphatic carbocycles. The van der Waals surface area contributed by atoms with Crippen molar-refractivity contribution < 1.29 is 4.74 Å². The van der Waals surface area contributed by atoms with Crippen molar-refractivity contribution in [2.24, 2.45) is 0 Å². The molecule has 0 amide bonds. The van der Waals surface area contributed by atoms with Crippen LogP contribution in [-0.4, -0.2) is 47.5 Å². The van der Waals surface area contributed by atoms with Crippen LogP contribution in [0.3, 0.4) is 0 Å². The van der Waals surface area contributed by atoms with Crippen LogP contribution < -0.4 is 0 Å². The molecule has 0 N–H and O–H groups in total. The summed E-state index contributed by atoms with van der Waals surface area (Å²) in [6.45, 7) is 9.19. The molecule has 1 aliphatic heterocycles. The lowest BCUT2D eigenvalue weighted by atomic mass is 9.84. The van der Waals surface area contributed by atoms with Crippen LogP contribution >= 0.6 is 0 Å². The zero-order chi connectivity index (χ0) is 17.5. The van der Waals surface area contributed by atoms with Gasteiger partial charge in [0.15, 0.2) is 0 Å². The summed E-state index contributed by atoms with van der Waals surface area (Å²) in [7, 11) is 0. The molecule has 0 bridgehead atoms. The van der Waals surface area contributed by atoms with Crippen LogP contribution in [-0.2, 0) is 11.2 Å². The normalized spacial score (nSPS) is 23.4. The maximum absolute atomic E-state index is 5.45. The summed E-state index contributed by atoms with van der Waals surface area (Å²) in [6.07, 6.45) is 16.1. The van der Waals surface area contributed by atoms with Crippen LogP contribution in [0.2, 0.25) is 0 Å². The molecule has 1 fully saturated rings. The number of hydrogen-bond acceptors (Lipinski definition) is 3. The van der Waals surface area contributed by atoms with Gasteiger partial charge >= 0.3 is 0 Å². The molecule has 4 rings (SSSR count). The summed E-state index contributed by atoms with van der Waals surface area (Å²) in [6, 6.07) is 0. The lowest BCUT2D eigenvalue weighted by Crippen LogP contribution is -2.37. The Balaban J connectivity index is 0.000000880. The predicted molar refractivity (Wildman–Crippen MR) is 104 cm³/mol. The van der Waals surface area contributed by atoms with E-state index in [1.165, 1.54) is 49.2 Å². The van der Waals surface area contributed by atoms with Crippen molar-refractivity contribution in [3.63, 3.8) is 0 Å². The first-order valence-corrected chi connectivity index (χ1v) is 10.1. The second-order valence-electron chi connectivity index (χ2n) is 6.92. The van der Waals surface area contributed by atoms with Gasteiger partial charge in [0.2, 0.25) is 0 Å². The molecular formula is C21H33N3O. The van der Waals surface area contributed by atoms with Crippen molar-refractivity contribution in [2.45, 2.75) is 58.3 Å². The zero-order valence-corrected chi connectivity index (χ0v) is 15.9. The van der Waals surface area contributed by atoms with E-state index in [-0.39, 0.29) is 0 Å². The molecular weight excluding hydrogens is 310 g/mol. The quantitative estimate of drug-likeness (QED) is 0.819. The highest BCUT2D eigenvalue weighted by Crippen LogP contribution is 2.35. The van der Waals surface area contributed by atoms with E-state index in [2.05, 4.69) is 34.0 Å². The number of hydrogen-bond donors (Lipinski definition) is 0. The summed E-state index contributed by atoms with van der Waals surface area (Å²) in [5, 5.41) is 4.75. The average molecular weight is 344 g/mol. The van der Waals surface area contributed by atoms with E-state index in [1.807, 2.05) is 13.8 Å². The number of fused-ring (bicyclic) bond motifs is 1. The monoisotopic (exact) mass is 343 g/mol. The van der Waals surface area contributed by atoms with Crippen LogP contribution in [0, 0.1) is 0 Å². The molecule has 3 aliphatic rings. The Morgan fingerprint density at radius 3 is 2.80 bits per heavy atom. The molecule has 1 aromatic heterocycles. The van der Waals surface area contributed by atoms with Gasteiger partial charge in [-0.3, -0.25) is 4.90 Å². The maximum Gasteiger partial charge on any atom is 0.0594 e. The predicted octanol–water partition coefficient (Wildman–Crippen LogP) is 4.24. The van der Waals surface area contributed by atoms with Crippen molar-refractivity contribution in [2.75, 3.05) is 32.8 Å². The van der Waals surface area contributed by atoms with Crippen LogP contribution in [0.5, 0.6) is 0 Å². The smallest absolute Gasteiger partial charge is 0.0594 e. The second kappa shape index (κ2) is 9.35. The molecule has 4 nitrogen and oxygen atoms in total. The van der Waals surface area contributed by atoms with E-state index in [0.717, 1.165) is 39.1 Å². The standard InChI is InChI=1S/C19H27N3O.C2H6/c1-2-6-17(7-3-1)22-19-8-4-5-16(18(19)15-20-22)9-10-21-11-13-23-14-12-21;1-2/h1-2,6,15-16H,3-5,7-14H2;1-2H3. The fourth-order valence-electron chi connectivity index (χ4n) is 4.13. The average Bonchev–Trinajstić information content (AvgIpc) is 3.14. The summed E-state index contributed by atoms with van der Waals surface area (Å²) in [4.78, 5) is 2.55. The van der Waals surface area contributed by atoms with E-state index in [4.69, 9.17) is 9.84 Å². The van der Waals surface area contributed by atoms with Gasteiger partial charge in [0.1, 0.15) is 0 Å². The van der Waals surface area contributed by atoms with Gasteiger partial charge in [-0.15, -0.1) is 0 Å². The number of ether oxygens (including phenoxy) is 1. The van der Waals surface area contributed by atoms with Crippen LogP contribution in [0.25, 0.3) is 5.70 Å². The Hall–Kier alpha value is -1.39. The summed E-state index contributed by atoms with van der Waals surface area (Å²) < 4.78 is 7.69. The van der Waals surface area contributed by atoms with Crippen molar-refractivity contribution in [3.05, 3.63) is 35.7 Å². The van der Waals surface area contributed by atoms with Crippen molar-refractivity contribution in [1.82, 2.24) is 14.7 Å². The molecule has 138 valence electrons. The summed E-state index contributed by atoms with van der Waals surface area (Å²) in [5.41, 5.74) is 4.35. The lowest BCUT2D eigenvalue weighted by Gasteiger charge is -2.30. The molecule has 1 saturated heterocycles. The van der Waals surface area contributed by atoms with Crippen LogP contribution in [0.4, 0.5) is 0 Å². The number of aromatic nitrogens is 2. The minimum atomic E-state index is 0.690. The van der Waals surface area contributed by atoms with Crippen molar-refractivity contribution in [3.8, 4) is 0 Å². The number of rotatable bonds is 4. The molecule has 0 saturated carbocycles. The Bertz CT molecular complexity index is 596. The molecule has 1 aromatic rings. The first kappa shape index (κ1) is 18.4. The Morgan fingerprint density at radius 2 is 2.04 bits per heavy atom. The molecule has 0 spiro atoms. The van der Waals surface area contributed by atoms with E-state index in [9.17, 15) is 0 Å². The third-order valence-corrected chi connectivity index (χ3v) is 5.47. The van der Waals surface area contributed by atoms with Gasteiger partial charge in [0, 0.05) is 24.5 Å². The molecule has 4 heteroatoms. The highest BCUT2D eigenvalue weighted by Gasteiger charge is 2.26.